The van der Waals surface area contributed by atoms with Gasteiger partial charge in [0.15, 0.2) is 0 Å². The van der Waals surface area contributed by atoms with Gasteiger partial charge in [-0.05, 0) is 43.8 Å². The van der Waals surface area contributed by atoms with Crippen molar-refractivity contribution >= 4 is 48.8 Å². The molecule has 5 aromatic carbocycles. The predicted molar refractivity (Wildman–Crippen MR) is 103 cm³/mol. The van der Waals surface area contributed by atoms with Gasteiger partial charge in [0, 0.05) is 5.39 Å². The summed E-state index contributed by atoms with van der Waals surface area (Å²) in [6.07, 6.45) is 0. The van der Waals surface area contributed by atoms with E-state index in [0.717, 1.165) is 21.5 Å². The van der Waals surface area contributed by atoms with Crippen LogP contribution in [0.4, 0.5) is 5.69 Å². The van der Waals surface area contributed by atoms with Crippen molar-refractivity contribution in [2.24, 2.45) is 0 Å². The zero-order valence-corrected chi connectivity index (χ0v) is 13.0. The van der Waals surface area contributed by atoms with Crippen LogP contribution in [-0.4, -0.2) is 5.11 Å². The Labute approximate surface area is 138 Å². The molecule has 0 radical (unpaired) electrons. The van der Waals surface area contributed by atoms with Gasteiger partial charge in [-0.1, -0.05) is 66.7 Å². The van der Waals surface area contributed by atoms with E-state index in [9.17, 15) is 5.11 Å². The van der Waals surface area contributed by atoms with Crippen LogP contribution < -0.4 is 5.73 Å². The molecular weight excluding hydrogens is 294 g/mol. The maximum Gasteiger partial charge on any atom is 0.146 e. The second-order valence-electron chi connectivity index (χ2n) is 6.21. The van der Waals surface area contributed by atoms with Gasteiger partial charge >= 0.3 is 0 Å². The van der Waals surface area contributed by atoms with Gasteiger partial charge in [-0.3, -0.25) is 0 Å². The highest BCUT2D eigenvalue weighted by molar-refractivity contribution is 6.23. The van der Waals surface area contributed by atoms with Crippen molar-refractivity contribution < 1.29 is 5.11 Å². The van der Waals surface area contributed by atoms with Crippen LogP contribution >= 0.6 is 0 Å². The van der Waals surface area contributed by atoms with E-state index in [1.807, 2.05) is 12.1 Å². The summed E-state index contributed by atoms with van der Waals surface area (Å²) in [7, 11) is 0. The van der Waals surface area contributed by atoms with Gasteiger partial charge in [0.05, 0.1) is 5.69 Å². The molecule has 0 heterocycles. The molecule has 0 atom stereocenters. The highest BCUT2D eigenvalue weighted by atomic mass is 16.3. The van der Waals surface area contributed by atoms with Gasteiger partial charge < -0.3 is 10.8 Å². The van der Waals surface area contributed by atoms with Crippen LogP contribution in [0.1, 0.15) is 0 Å². The number of anilines is 1. The number of hydrogen-bond acceptors (Lipinski definition) is 2. The minimum absolute atomic E-state index is 0.165. The van der Waals surface area contributed by atoms with Crippen LogP contribution in [-0.2, 0) is 0 Å². The SMILES string of the molecule is Nc1ccc2ccc3c4ccc5ccccc5c4ccc3c2c1O. The summed E-state index contributed by atoms with van der Waals surface area (Å²) in [6.45, 7) is 0. The summed E-state index contributed by atoms with van der Waals surface area (Å²) < 4.78 is 0. The monoisotopic (exact) mass is 309 g/mol. The van der Waals surface area contributed by atoms with E-state index in [0.29, 0.717) is 5.69 Å². The van der Waals surface area contributed by atoms with Crippen LogP contribution in [0.2, 0.25) is 0 Å². The van der Waals surface area contributed by atoms with Gasteiger partial charge in [-0.15, -0.1) is 0 Å². The lowest BCUT2D eigenvalue weighted by atomic mass is 9.94. The summed E-state index contributed by atoms with van der Waals surface area (Å²) in [5.41, 5.74) is 6.32. The molecule has 0 aliphatic rings. The normalized spacial score (nSPS) is 11.7. The van der Waals surface area contributed by atoms with E-state index in [4.69, 9.17) is 5.73 Å². The van der Waals surface area contributed by atoms with E-state index in [1.165, 1.54) is 21.5 Å². The Morgan fingerprint density at radius 3 is 2.00 bits per heavy atom. The second-order valence-corrected chi connectivity index (χ2v) is 6.21. The van der Waals surface area contributed by atoms with Crippen molar-refractivity contribution in [3.63, 3.8) is 0 Å². The molecule has 2 nitrogen and oxygen atoms in total. The summed E-state index contributed by atoms with van der Waals surface area (Å²) in [5, 5.41) is 19.3. The first-order valence-corrected chi connectivity index (χ1v) is 7.98. The second kappa shape index (κ2) is 4.62. The Kier molecular flexibility index (Phi) is 2.54. The maximum absolute atomic E-state index is 10.5. The van der Waals surface area contributed by atoms with E-state index < -0.39 is 0 Å². The molecular formula is C22H15NO. The topological polar surface area (TPSA) is 46.2 Å². The summed E-state index contributed by atoms with van der Waals surface area (Å²) in [5.74, 6) is 0.165. The van der Waals surface area contributed by atoms with E-state index in [-0.39, 0.29) is 5.75 Å². The first-order chi connectivity index (χ1) is 11.7. The lowest BCUT2D eigenvalue weighted by Gasteiger charge is -2.11. The summed E-state index contributed by atoms with van der Waals surface area (Å²) in [4.78, 5) is 0. The standard InChI is InChI=1S/C22H15NO/c23-20-12-7-14-6-9-18-17-8-5-13-3-1-2-4-15(13)16(17)10-11-19(18)21(14)22(20)24/h1-12,24H,23H2. The number of nitrogens with two attached hydrogens (primary N) is 1. The molecule has 0 spiro atoms. The van der Waals surface area contributed by atoms with Crippen LogP contribution in [0.3, 0.4) is 0 Å². The number of fused-ring (bicyclic) bond motifs is 7. The largest absolute Gasteiger partial charge is 0.505 e. The maximum atomic E-state index is 10.5. The molecule has 0 unspecified atom stereocenters. The Bertz CT molecular complexity index is 1270. The minimum Gasteiger partial charge on any atom is -0.505 e. The van der Waals surface area contributed by atoms with Gasteiger partial charge in [-0.25, -0.2) is 0 Å². The molecule has 5 aromatic rings. The molecule has 0 fully saturated rings. The zero-order chi connectivity index (χ0) is 16.3. The van der Waals surface area contributed by atoms with Gasteiger partial charge in [0.25, 0.3) is 0 Å². The fourth-order valence-electron chi connectivity index (χ4n) is 3.73. The minimum atomic E-state index is 0.165. The number of phenolic OH excluding ortho intramolecular Hbond substituents is 1. The first kappa shape index (κ1) is 13.2. The van der Waals surface area contributed by atoms with Crippen molar-refractivity contribution in [3.8, 4) is 5.75 Å². The fraction of sp³-hybridized carbons (Fsp3) is 0. The summed E-state index contributed by atoms with van der Waals surface area (Å²) >= 11 is 0. The van der Waals surface area contributed by atoms with E-state index >= 15 is 0 Å². The third-order valence-electron chi connectivity index (χ3n) is 4.91. The van der Waals surface area contributed by atoms with Crippen molar-refractivity contribution in [1.82, 2.24) is 0 Å². The number of aromatic hydroxyl groups is 1. The molecule has 0 bridgehead atoms. The Morgan fingerprint density at radius 2 is 1.12 bits per heavy atom. The molecule has 0 aliphatic heterocycles. The van der Waals surface area contributed by atoms with Gasteiger partial charge in [0.1, 0.15) is 5.75 Å². The molecule has 0 saturated heterocycles. The quantitative estimate of drug-likeness (QED) is 0.222. The van der Waals surface area contributed by atoms with E-state index in [1.54, 1.807) is 6.07 Å². The Hall–Kier alpha value is -3.26. The lowest BCUT2D eigenvalue weighted by Crippen LogP contribution is -1.88. The highest BCUT2D eigenvalue weighted by Crippen LogP contribution is 2.39. The number of rotatable bonds is 0. The molecule has 0 saturated carbocycles. The molecule has 0 aliphatic carbocycles. The average Bonchev–Trinajstić information content (AvgIpc) is 2.63. The summed E-state index contributed by atoms with van der Waals surface area (Å²) in [6, 6.07) is 24.8. The van der Waals surface area contributed by atoms with Crippen molar-refractivity contribution in [2.45, 2.75) is 0 Å². The number of hydrogen-bond donors (Lipinski definition) is 2. The molecule has 114 valence electrons. The van der Waals surface area contributed by atoms with Crippen molar-refractivity contribution in [1.29, 1.82) is 0 Å². The van der Waals surface area contributed by atoms with E-state index in [2.05, 4.69) is 54.6 Å². The lowest BCUT2D eigenvalue weighted by molar-refractivity contribution is 0.484. The third kappa shape index (κ3) is 1.65. The van der Waals surface area contributed by atoms with Crippen LogP contribution in [0.15, 0.2) is 72.8 Å². The first-order valence-electron chi connectivity index (χ1n) is 7.98. The third-order valence-corrected chi connectivity index (χ3v) is 4.91. The fourth-order valence-corrected chi connectivity index (χ4v) is 3.73. The smallest absolute Gasteiger partial charge is 0.146 e. The van der Waals surface area contributed by atoms with Gasteiger partial charge in [0.2, 0.25) is 0 Å². The highest BCUT2D eigenvalue weighted by Gasteiger charge is 2.11. The molecule has 5 rings (SSSR count). The van der Waals surface area contributed by atoms with Crippen molar-refractivity contribution in [3.05, 3.63) is 72.8 Å². The number of benzene rings is 5. The molecule has 2 heteroatoms. The van der Waals surface area contributed by atoms with Crippen LogP contribution in [0.25, 0.3) is 43.1 Å². The predicted octanol–water partition coefficient (Wildman–Crippen LogP) is 5.59. The van der Waals surface area contributed by atoms with Crippen molar-refractivity contribution in [2.75, 3.05) is 5.73 Å². The molecule has 24 heavy (non-hydrogen) atoms. The Morgan fingerprint density at radius 1 is 0.542 bits per heavy atom. The van der Waals surface area contributed by atoms with Gasteiger partial charge in [-0.2, -0.15) is 0 Å². The Balaban J connectivity index is 2.04. The molecule has 0 amide bonds. The number of nitrogen functional groups attached to an aromatic ring is 1. The zero-order valence-electron chi connectivity index (χ0n) is 13.0. The number of phenols is 1. The average molecular weight is 309 g/mol. The molecule has 3 N–H and O–H groups in total. The van der Waals surface area contributed by atoms with Crippen LogP contribution in [0.5, 0.6) is 5.75 Å². The molecule has 0 aromatic heterocycles. The van der Waals surface area contributed by atoms with Crippen LogP contribution in [0, 0.1) is 0 Å².